The van der Waals surface area contributed by atoms with Crippen molar-refractivity contribution in [1.29, 1.82) is 0 Å². The van der Waals surface area contributed by atoms with Crippen molar-refractivity contribution >= 4 is 104 Å². The summed E-state index contributed by atoms with van der Waals surface area (Å²) >= 11 is 36.5. The monoisotopic (exact) mass is 725 g/mol. The van der Waals surface area contributed by atoms with E-state index in [0.717, 1.165) is 12.1 Å². The van der Waals surface area contributed by atoms with E-state index in [1.807, 2.05) is 0 Å². The maximum absolute atomic E-state index is 14.8. The van der Waals surface area contributed by atoms with Gasteiger partial charge in [0.25, 0.3) is 5.91 Å². The summed E-state index contributed by atoms with van der Waals surface area (Å²) in [6, 6.07) is 5.32. The third-order valence-corrected chi connectivity index (χ3v) is 8.60. The topological polar surface area (TPSA) is 87.3 Å². The molecule has 1 saturated carbocycles. The van der Waals surface area contributed by atoms with Crippen LogP contribution in [0.1, 0.15) is 21.8 Å². The molecule has 1 fully saturated rings. The molecule has 0 aromatic heterocycles. The van der Waals surface area contributed by atoms with Crippen LogP contribution in [0, 0.1) is 23.4 Å². The first-order valence-corrected chi connectivity index (χ1v) is 13.6. The van der Waals surface area contributed by atoms with Crippen molar-refractivity contribution in [2.45, 2.75) is 16.4 Å². The van der Waals surface area contributed by atoms with Crippen molar-refractivity contribution in [2.75, 3.05) is 16.0 Å². The molecule has 3 aromatic carbocycles. The number of carbonyl (C=O) groups excluding carboxylic acids is 3. The van der Waals surface area contributed by atoms with E-state index >= 15 is 0 Å². The van der Waals surface area contributed by atoms with E-state index < -0.39 is 79.5 Å². The smallest absolute Gasteiger partial charge is 0.326 e. The molecule has 0 spiro atoms. The predicted octanol–water partition coefficient (Wildman–Crippen LogP) is 9.00. The molecule has 1 aliphatic rings. The van der Waals surface area contributed by atoms with Crippen LogP contribution in [0.4, 0.5) is 43.4 Å². The molecule has 0 aliphatic heterocycles. The number of hydrogen-bond acceptors (Lipinski definition) is 3. The Balaban J connectivity index is 1.57. The maximum Gasteiger partial charge on any atom is 0.471 e. The van der Waals surface area contributed by atoms with Gasteiger partial charge in [-0.3, -0.25) is 14.4 Å². The second-order valence-electron chi connectivity index (χ2n) is 8.93. The summed E-state index contributed by atoms with van der Waals surface area (Å²) < 4.78 is 79.7. The highest BCUT2D eigenvalue weighted by Gasteiger charge is 2.67. The zero-order valence-corrected chi connectivity index (χ0v) is 24.9. The molecular formula is C25H11Cl6F6N3O3. The number of halogens is 12. The number of alkyl halides is 5. The Morgan fingerprint density at radius 1 is 0.791 bits per heavy atom. The SMILES string of the molecule is O=C(Nc1c(F)ccc(NC(=O)C(F)(F)F)c1F)c1cc(NC(=O)C2[C@H](c3cc(Cl)c(Cl)c(Cl)c3)C2(Cl)Cl)cc(F)c1Cl. The second-order valence-corrected chi connectivity index (χ2v) is 11.9. The first kappa shape index (κ1) is 33.3. The van der Waals surface area contributed by atoms with Gasteiger partial charge >= 0.3 is 12.1 Å². The minimum Gasteiger partial charge on any atom is -0.326 e. The highest BCUT2D eigenvalue weighted by atomic mass is 35.5. The summed E-state index contributed by atoms with van der Waals surface area (Å²) in [6.45, 7) is 0. The van der Waals surface area contributed by atoms with Crippen LogP contribution in [-0.4, -0.2) is 28.2 Å². The average molecular weight is 728 g/mol. The number of rotatable bonds is 6. The zero-order valence-electron chi connectivity index (χ0n) is 20.4. The molecule has 0 bridgehead atoms. The first-order valence-electron chi connectivity index (χ1n) is 11.3. The lowest BCUT2D eigenvalue weighted by molar-refractivity contribution is -0.167. The normalized spacial score (nSPS) is 17.3. The predicted molar refractivity (Wildman–Crippen MR) is 151 cm³/mol. The lowest BCUT2D eigenvalue weighted by Crippen LogP contribution is -2.30. The van der Waals surface area contributed by atoms with Gasteiger partial charge in [0, 0.05) is 11.6 Å². The molecule has 4 rings (SSSR count). The molecule has 3 amide bonds. The Labute approximate surface area is 267 Å². The van der Waals surface area contributed by atoms with Gasteiger partial charge in [-0.25, -0.2) is 13.2 Å². The Morgan fingerprint density at radius 2 is 1.40 bits per heavy atom. The van der Waals surface area contributed by atoms with Gasteiger partial charge in [0.05, 0.1) is 37.3 Å². The highest BCUT2D eigenvalue weighted by molar-refractivity contribution is 6.54. The van der Waals surface area contributed by atoms with Crippen molar-refractivity contribution in [3.05, 3.63) is 85.1 Å². The van der Waals surface area contributed by atoms with Crippen molar-refractivity contribution < 1.29 is 40.7 Å². The Hall–Kier alpha value is -2.61. The summed E-state index contributed by atoms with van der Waals surface area (Å²) in [6.07, 6.45) is -5.40. The Morgan fingerprint density at radius 3 is 1.98 bits per heavy atom. The lowest BCUT2D eigenvalue weighted by atomic mass is 10.1. The number of amides is 3. The van der Waals surface area contributed by atoms with E-state index in [1.54, 1.807) is 5.32 Å². The maximum atomic E-state index is 14.8. The molecule has 0 radical (unpaired) electrons. The summed E-state index contributed by atoms with van der Waals surface area (Å²) in [5.74, 6) is -11.3. The van der Waals surface area contributed by atoms with Gasteiger partial charge in [-0.2, -0.15) is 13.2 Å². The van der Waals surface area contributed by atoms with Crippen LogP contribution in [0.25, 0.3) is 0 Å². The van der Waals surface area contributed by atoms with Gasteiger partial charge in [-0.15, -0.1) is 23.2 Å². The fourth-order valence-electron chi connectivity index (χ4n) is 4.01. The first-order chi connectivity index (χ1) is 19.8. The van der Waals surface area contributed by atoms with E-state index in [2.05, 4.69) is 5.32 Å². The second kappa shape index (κ2) is 12.1. The van der Waals surface area contributed by atoms with Gasteiger partial charge in [0.1, 0.15) is 21.7 Å². The van der Waals surface area contributed by atoms with Crippen molar-refractivity contribution in [2.24, 2.45) is 5.92 Å². The van der Waals surface area contributed by atoms with Crippen molar-refractivity contribution in [3.63, 3.8) is 0 Å². The van der Waals surface area contributed by atoms with Crippen LogP contribution in [0.3, 0.4) is 0 Å². The van der Waals surface area contributed by atoms with Crippen molar-refractivity contribution in [3.8, 4) is 0 Å². The van der Waals surface area contributed by atoms with Gasteiger partial charge in [0.15, 0.2) is 5.82 Å². The third-order valence-electron chi connectivity index (χ3n) is 6.08. The van der Waals surface area contributed by atoms with E-state index in [9.17, 15) is 40.7 Å². The molecule has 3 N–H and O–H groups in total. The Kier molecular flexibility index (Phi) is 9.33. The van der Waals surface area contributed by atoms with E-state index in [1.165, 1.54) is 17.4 Å². The van der Waals surface area contributed by atoms with E-state index in [4.69, 9.17) is 69.6 Å². The number of hydrogen-bond donors (Lipinski definition) is 3. The minimum atomic E-state index is -5.40. The molecule has 0 heterocycles. The van der Waals surface area contributed by atoms with Crippen LogP contribution in [0.5, 0.6) is 0 Å². The molecule has 3 aromatic rings. The summed E-state index contributed by atoms with van der Waals surface area (Å²) in [5, 5.41) is 4.59. The van der Waals surface area contributed by atoms with Crippen molar-refractivity contribution in [1.82, 2.24) is 0 Å². The third kappa shape index (κ3) is 6.74. The lowest BCUT2D eigenvalue weighted by Gasteiger charge is -2.14. The van der Waals surface area contributed by atoms with E-state index in [-0.39, 0.29) is 20.8 Å². The molecule has 228 valence electrons. The molecule has 1 unspecified atom stereocenters. The van der Waals surface area contributed by atoms with Gasteiger partial charge < -0.3 is 16.0 Å². The number of benzene rings is 3. The largest absolute Gasteiger partial charge is 0.471 e. The summed E-state index contributed by atoms with van der Waals surface area (Å²) in [5.41, 5.74) is -3.14. The standard InChI is InChI=1S/C25H11Cl6F6N3O3/c26-10-3-7(4-11(27)18(10)29)15-16(24(15,30)31)22(42)38-8-5-9(17(28)13(33)6-8)21(41)40-20-12(32)1-2-14(19(20)34)39-23(43)25(35,36)37/h1-6,15-16H,(H,38,42)(H,39,43)(H,40,41)/t15-,16?/m0/s1. The molecule has 18 heteroatoms. The molecule has 2 atom stereocenters. The molecule has 6 nitrogen and oxygen atoms in total. The molecular weight excluding hydrogens is 717 g/mol. The summed E-state index contributed by atoms with van der Waals surface area (Å²) in [7, 11) is 0. The van der Waals surface area contributed by atoms with Crippen LogP contribution in [0.2, 0.25) is 20.1 Å². The number of nitrogens with one attached hydrogen (secondary N) is 3. The van der Waals surface area contributed by atoms with Crippen LogP contribution in [-0.2, 0) is 9.59 Å². The minimum absolute atomic E-state index is 0.0588. The number of anilines is 3. The zero-order chi connectivity index (χ0) is 32.2. The molecule has 1 aliphatic carbocycles. The van der Waals surface area contributed by atoms with E-state index in [0.29, 0.717) is 17.7 Å². The molecule has 0 saturated heterocycles. The number of carbonyl (C=O) groups is 3. The average Bonchev–Trinajstić information content (AvgIpc) is 3.49. The van der Waals surface area contributed by atoms with Gasteiger partial charge in [-0.1, -0.05) is 46.4 Å². The fourth-order valence-corrected chi connectivity index (χ4v) is 5.64. The van der Waals surface area contributed by atoms with Gasteiger partial charge in [-0.05, 0) is 42.0 Å². The highest BCUT2D eigenvalue weighted by Crippen LogP contribution is 2.65. The Bertz CT molecular complexity index is 1660. The summed E-state index contributed by atoms with van der Waals surface area (Å²) in [4.78, 5) is 37.0. The molecule has 43 heavy (non-hydrogen) atoms. The van der Waals surface area contributed by atoms with Gasteiger partial charge in [0.2, 0.25) is 5.91 Å². The quantitative estimate of drug-likeness (QED) is 0.135. The van der Waals surface area contributed by atoms with Crippen LogP contribution < -0.4 is 16.0 Å². The fraction of sp³-hybridized carbons (Fsp3) is 0.160. The van der Waals surface area contributed by atoms with Crippen LogP contribution in [0.15, 0.2) is 36.4 Å². The van der Waals surface area contributed by atoms with Crippen LogP contribution >= 0.6 is 69.6 Å².